The average molecular weight is 279 g/mol. The van der Waals surface area contributed by atoms with E-state index in [1.165, 1.54) is 0 Å². The number of amides is 1. The highest BCUT2D eigenvalue weighted by Crippen LogP contribution is 2.05. The minimum Gasteiger partial charge on any atom is -0.481 e. The molecule has 1 aromatic rings. The van der Waals surface area contributed by atoms with Crippen LogP contribution in [0.15, 0.2) is 6.20 Å². The number of aliphatic carboxylic acids is 1. The summed E-state index contributed by atoms with van der Waals surface area (Å²) >= 11 is 0. The van der Waals surface area contributed by atoms with Crippen molar-refractivity contribution >= 4 is 11.9 Å². The number of nitrogens with one attached hydrogen (secondary N) is 1. The van der Waals surface area contributed by atoms with Crippen molar-refractivity contribution in [2.75, 3.05) is 6.54 Å². The molecule has 0 atom stereocenters. The van der Waals surface area contributed by atoms with Crippen molar-refractivity contribution in [3.8, 4) is 0 Å². The highest BCUT2D eigenvalue weighted by molar-refractivity contribution is 5.94. The minimum absolute atomic E-state index is 0.159. The molecule has 2 N–H and O–H groups in total. The van der Waals surface area contributed by atoms with Crippen LogP contribution in [0.25, 0.3) is 0 Å². The van der Waals surface area contributed by atoms with Crippen LogP contribution in [-0.4, -0.2) is 33.5 Å². The van der Waals surface area contributed by atoms with Crippen LogP contribution in [0.3, 0.4) is 0 Å². The van der Waals surface area contributed by atoms with Crippen molar-refractivity contribution < 1.29 is 14.7 Å². The number of unbranched alkanes of at least 4 members (excludes halogenated alkanes) is 3. The fourth-order valence-electron chi connectivity index (χ4n) is 1.86. The van der Waals surface area contributed by atoms with Crippen molar-refractivity contribution in [3.05, 3.63) is 23.3 Å². The Balaban J connectivity index is 2.22. The summed E-state index contributed by atoms with van der Waals surface area (Å²) in [4.78, 5) is 30.4. The van der Waals surface area contributed by atoms with Gasteiger partial charge in [-0.2, -0.15) is 0 Å². The second kappa shape index (κ2) is 8.24. The Labute approximate surface area is 118 Å². The zero-order valence-electron chi connectivity index (χ0n) is 12.0. The molecule has 20 heavy (non-hydrogen) atoms. The van der Waals surface area contributed by atoms with Crippen LogP contribution in [0.2, 0.25) is 0 Å². The fourth-order valence-corrected chi connectivity index (χ4v) is 1.86. The van der Waals surface area contributed by atoms with E-state index in [1.54, 1.807) is 20.0 Å². The number of carboxylic acid groups (broad SMARTS) is 1. The third kappa shape index (κ3) is 5.77. The first kappa shape index (κ1) is 16.1. The second-order valence-corrected chi connectivity index (χ2v) is 4.73. The molecule has 6 heteroatoms. The van der Waals surface area contributed by atoms with E-state index < -0.39 is 5.97 Å². The third-order valence-corrected chi connectivity index (χ3v) is 2.95. The standard InChI is InChI=1S/C14H21N3O3/c1-10-12(9-16-11(2)17-10)14(20)15-8-6-4-3-5-7-13(18)19/h9H,3-8H2,1-2H3,(H,15,20)(H,18,19). The van der Waals surface area contributed by atoms with E-state index >= 15 is 0 Å². The molecule has 1 aromatic heterocycles. The maximum absolute atomic E-state index is 11.9. The molecule has 0 aliphatic carbocycles. The summed E-state index contributed by atoms with van der Waals surface area (Å²) in [5, 5.41) is 11.3. The van der Waals surface area contributed by atoms with Crippen molar-refractivity contribution in [2.24, 2.45) is 0 Å². The lowest BCUT2D eigenvalue weighted by Gasteiger charge is -2.07. The molecule has 0 aliphatic heterocycles. The van der Waals surface area contributed by atoms with Gasteiger partial charge in [0.1, 0.15) is 5.82 Å². The summed E-state index contributed by atoms with van der Waals surface area (Å²) in [6.07, 6.45) is 5.07. The van der Waals surface area contributed by atoms with Gasteiger partial charge in [0.05, 0.1) is 11.3 Å². The molecule has 6 nitrogen and oxygen atoms in total. The van der Waals surface area contributed by atoms with Crippen LogP contribution in [0.1, 0.15) is 54.0 Å². The van der Waals surface area contributed by atoms with Gasteiger partial charge in [0.15, 0.2) is 0 Å². The summed E-state index contributed by atoms with van der Waals surface area (Å²) in [6.45, 7) is 4.15. The molecular weight excluding hydrogens is 258 g/mol. The van der Waals surface area contributed by atoms with Crippen molar-refractivity contribution in [3.63, 3.8) is 0 Å². The quantitative estimate of drug-likeness (QED) is 0.708. The summed E-state index contributed by atoms with van der Waals surface area (Å²) in [5.74, 6) is -0.265. The molecule has 1 rings (SSSR count). The molecule has 0 fully saturated rings. The van der Waals surface area contributed by atoms with Gasteiger partial charge in [0.2, 0.25) is 0 Å². The topological polar surface area (TPSA) is 92.2 Å². The Morgan fingerprint density at radius 1 is 1.20 bits per heavy atom. The van der Waals surface area contributed by atoms with Crippen LogP contribution in [-0.2, 0) is 4.79 Å². The monoisotopic (exact) mass is 279 g/mol. The Hall–Kier alpha value is -1.98. The Morgan fingerprint density at radius 2 is 1.90 bits per heavy atom. The lowest BCUT2D eigenvalue weighted by molar-refractivity contribution is -0.137. The first-order chi connectivity index (χ1) is 9.50. The van der Waals surface area contributed by atoms with Gasteiger partial charge in [-0.25, -0.2) is 9.97 Å². The van der Waals surface area contributed by atoms with Crippen molar-refractivity contribution in [1.29, 1.82) is 0 Å². The van der Waals surface area contributed by atoms with Gasteiger partial charge in [-0.15, -0.1) is 0 Å². The van der Waals surface area contributed by atoms with Crippen molar-refractivity contribution in [1.82, 2.24) is 15.3 Å². The molecule has 0 unspecified atom stereocenters. The van der Waals surface area contributed by atoms with E-state index in [4.69, 9.17) is 5.11 Å². The summed E-state index contributed by atoms with van der Waals surface area (Å²) < 4.78 is 0. The number of carbonyl (C=O) groups is 2. The maximum Gasteiger partial charge on any atom is 0.303 e. The Kier molecular flexibility index (Phi) is 6.63. The zero-order valence-corrected chi connectivity index (χ0v) is 12.0. The molecule has 0 aliphatic rings. The molecule has 1 heterocycles. The lowest BCUT2D eigenvalue weighted by atomic mass is 10.1. The predicted octanol–water partition coefficient (Wildman–Crippen LogP) is 1.86. The lowest BCUT2D eigenvalue weighted by Crippen LogP contribution is -2.25. The first-order valence-electron chi connectivity index (χ1n) is 6.81. The highest BCUT2D eigenvalue weighted by atomic mass is 16.4. The summed E-state index contributed by atoms with van der Waals surface area (Å²) in [6, 6.07) is 0. The van der Waals surface area contributed by atoms with Crippen molar-refractivity contribution in [2.45, 2.75) is 46.0 Å². The number of aryl methyl sites for hydroxylation is 2. The normalized spacial score (nSPS) is 10.3. The summed E-state index contributed by atoms with van der Waals surface area (Å²) in [5.41, 5.74) is 1.18. The van der Waals surface area contributed by atoms with Gasteiger partial charge >= 0.3 is 5.97 Å². The highest BCUT2D eigenvalue weighted by Gasteiger charge is 2.09. The largest absolute Gasteiger partial charge is 0.481 e. The predicted molar refractivity (Wildman–Crippen MR) is 74.6 cm³/mol. The number of rotatable bonds is 8. The van der Waals surface area contributed by atoms with Crippen LogP contribution in [0, 0.1) is 13.8 Å². The maximum atomic E-state index is 11.9. The SMILES string of the molecule is Cc1ncc(C(=O)NCCCCCCC(=O)O)c(C)n1. The average Bonchev–Trinajstić information content (AvgIpc) is 2.37. The van der Waals surface area contributed by atoms with Gasteiger partial charge < -0.3 is 10.4 Å². The van der Waals surface area contributed by atoms with Crippen LogP contribution >= 0.6 is 0 Å². The van der Waals surface area contributed by atoms with E-state index in [9.17, 15) is 9.59 Å². The number of hydrogen-bond acceptors (Lipinski definition) is 4. The molecule has 0 bridgehead atoms. The molecule has 0 spiro atoms. The molecule has 110 valence electrons. The van der Waals surface area contributed by atoms with Gasteiger partial charge in [-0.1, -0.05) is 12.8 Å². The number of nitrogens with zero attached hydrogens (tertiary/aromatic N) is 2. The number of carboxylic acids is 1. The van der Waals surface area contributed by atoms with Crippen LogP contribution in [0.5, 0.6) is 0 Å². The molecule has 1 amide bonds. The van der Waals surface area contributed by atoms with Crippen LogP contribution < -0.4 is 5.32 Å². The molecule has 0 saturated carbocycles. The van der Waals surface area contributed by atoms with E-state index in [0.717, 1.165) is 19.3 Å². The van der Waals surface area contributed by atoms with Gasteiger partial charge in [-0.3, -0.25) is 9.59 Å². The molecular formula is C14H21N3O3. The van der Waals surface area contributed by atoms with E-state index in [1.807, 2.05) is 0 Å². The minimum atomic E-state index is -0.756. The second-order valence-electron chi connectivity index (χ2n) is 4.73. The van der Waals surface area contributed by atoms with Gasteiger partial charge in [0.25, 0.3) is 5.91 Å². The number of hydrogen-bond donors (Lipinski definition) is 2. The fraction of sp³-hybridized carbons (Fsp3) is 0.571. The summed E-state index contributed by atoms with van der Waals surface area (Å²) in [7, 11) is 0. The molecule has 0 radical (unpaired) electrons. The van der Waals surface area contributed by atoms with Gasteiger partial charge in [-0.05, 0) is 26.7 Å². The first-order valence-corrected chi connectivity index (χ1v) is 6.81. The van der Waals surface area contributed by atoms with E-state index in [-0.39, 0.29) is 12.3 Å². The molecule has 0 saturated heterocycles. The van der Waals surface area contributed by atoms with E-state index in [2.05, 4.69) is 15.3 Å². The van der Waals surface area contributed by atoms with Crippen LogP contribution in [0.4, 0.5) is 0 Å². The van der Waals surface area contributed by atoms with Gasteiger partial charge in [0, 0.05) is 19.2 Å². The molecule has 0 aromatic carbocycles. The Morgan fingerprint density at radius 3 is 2.55 bits per heavy atom. The smallest absolute Gasteiger partial charge is 0.303 e. The number of carbonyl (C=O) groups excluding carboxylic acids is 1. The Bertz CT molecular complexity index is 475. The third-order valence-electron chi connectivity index (χ3n) is 2.95. The van der Waals surface area contributed by atoms with E-state index in [0.29, 0.717) is 30.0 Å². The number of aromatic nitrogens is 2. The zero-order chi connectivity index (χ0) is 15.0.